The number of aromatic nitrogens is 3. The van der Waals surface area contributed by atoms with Crippen molar-refractivity contribution >= 4 is 11.8 Å². The molecule has 0 bridgehead atoms. The zero-order valence-corrected chi connectivity index (χ0v) is 11.5. The number of rotatable bonds is 6. The fourth-order valence-electron chi connectivity index (χ4n) is 2.03. The molecule has 108 valence electrons. The van der Waals surface area contributed by atoms with Crippen LogP contribution in [-0.2, 0) is 6.42 Å². The number of nitrogens with one attached hydrogen (secondary N) is 1. The monoisotopic (exact) mass is 284 g/mol. The van der Waals surface area contributed by atoms with Crippen LogP contribution in [0.25, 0.3) is 0 Å². The van der Waals surface area contributed by atoms with Crippen molar-refractivity contribution in [2.24, 2.45) is 0 Å². The van der Waals surface area contributed by atoms with E-state index in [-0.39, 0.29) is 5.69 Å². The summed E-state index contributed by atoms with van der Waals surface area (Å²) in [4.78, 5) is 23.6. The molecule has 2 N–H and O–H groups in total. The molecule has 0 unspecified atom stereocenters. The van der Waals surface area contributed by atoms with E-state index in [9.17, 15) is 4.79 Å². The number of pyridine rings is 1. The maximum absolute atomic E-state index is 10.8. The summed E-state index contributed by atoms with van der Waals surface area (Å²) in [5.74, 6) is 1.05. The Balaban J connectivity index is 1.53. The van der Waals surface area contributed by atoms with Gasteiger partial charge in [-0.05, 0) is 37.0 Å². The molecule has 0 aliphatic heterocycles. The van der Waals surface area contributed by atoms with Crippen molar-refractivity contribution in [3.8, 4) is 0 Å². The van der Waals surface area contributed by atoms with Crippen molar-refractivity contribution < 1.29 is 9.90 Å². The zero-order chi connectivity index (χ0) is 14.7. The molecule has 1 fully saturated rings. The van der Waals surface area contributed by atoms with Crippen LogP contribution in [0.3, 0.4) is 0 Å². The lowest BCUT2D eigenvalue weighted by molar-refractivity contribution is 0.0690. The van der Waals surface area contributed by atoms with Gasteiger partial charge in [-0.1, -0.05) is 6.07 Å². The number of hydrogen-bond acceptors (Lipinski definition) is 5. The van der Waals surface area contributed by atoms with E-state index in [4.69, 9.17) is 5.11 Å². The van der Waals surface area contributed by atoms with E-state index in [1.54, 1.807) is 12.1 Å². The molecule has 6 nitrogen and oxygen atoms in total. The van der Waals surface area contributed by atoms with Crippen LogP contribution in [0, 0.1) is 0 Å². The van der Waals surface area contributed by atoms with Crippen molar-refractivity contribution in [1.29, 1.82) is 0 Å². The van der Waals surface area contributed by atoms with Gasteiger partial charge in [0.05, 0.1) is 0 Å². The zero-order valence-electron chi connectivity index (χ0n) is 11.5. The van der Waals surface area contributed by atoms with E-state index in [1.165, 1.54) is 18.9 Å². The molecule has 0 spiro atoms. The highest BCUT2D eigenvalue weighted by atomic mass is 16.4. The molecule has 0 atom stereocenters. The van der Waals surface area contributed by atoms with Crippen LogP contribution >= 0.6 is 0 Å². The molecule has 0 radical (unpaired) electrons. The van der Waals surface area contributed by atoms with Crippen LogP contribution in [0.1, 0.15) is 40.6 Å². The fourth-order valence-corrected chi connectivity index (χ4v) is 2.03. The Morgan fingerprint density at radius 2 is 2.05 bits per heavy atom. The summed E-state index contributed by atoms with van der Waals surface area (Å²) in [7, 11) is 0. The minimum atomic E-state index is -1.03. The lowest BCUT2D eigenvalue weighted by Gasteiger charge is -2.06. The molecule has 3 rings (SSSR count). The minimum absolute atomic E-state index is 0.0390. The molecule has 2 aromatic heterocycles. The van der Waals surface area contributed by atoms with Crippen LogP contribution in [-0.4, -0.2) is 32.6 Å². The summed E-state index contributed by atoms with van der Waals surface area (Å²) < 4.78 is 0. The van der Waals surface area contributed by atoms with Gasteiger partial charge in [0, 0.05) is 24.9 Å². The highest BCUT2D eigenvalue weighted by molar-refractivity contribution is 5.85. The third-order valence-electron chi connectivity index (χ3n) is 3.36. The Morgan fingerprint density at radius 1 is 1.29 bits per heavy atom. The maximum Gasteiger partial charge on any atom is 0.354 e. The summed E-state index contributed by atoms with van der Waals surface area (Å²) in [6.45, 7) is 0.655. The SMILES string of the molecule is O=C(O)c1cccc(NCCc2cnc(C3CC3)nc2)n1. The first kappa shape index (κ1) is 13.5. The molecule has 21 heavy (non-hydrogen) atoms. The Bertz CT molecular complexity index is 638. The van der Waals surface area contributed by atoms with Crippen molar-refractivity contribution in [3.05, 3.63) is 47.7 Å². The Labute approximate surface area is 122 Å². The molecule has 2 heterocycles. The number of aromatic carboxylic acids is 1. The number of carboxylic acids is 1. The van der Waals surface area contributed by atoms with Crippen LogP contribution < -0.4 is 5.32 Å². The molecule has 2 aromatic rings. The third-order valence-corrected chi connectivity index (χ3v) is 3.36. The van der Waals surface area contributed by atoms with Crippen LogP contribution in [0.2, 0.25) is 0 Å². The number of hydrogen-bond donors (Lipinski definition) is 2. The van der Waals surface area contributed by atoms with Gasteiger partial charge in [-0.3, -0.25) is 0 Å². The highest BCUT2D eigenvalue weighted by Gasteiger charge is 2.25. The van der Waals surface area contributed by atoms with Gasteiger partial charge >= 0.3 is 5.97 Å². The standard InChI is InChI=1S/C15H16N4O2/c20-15(21)12-2-1-3-13(19-12)16-7-6-10-8-17-14(18-9-10)11-4-5-11/h1-3,8-9,11H,4-7H2,(H,16,19)(H,20,21). The predicted molar refractivity (Wildman–Crippen MR) is 77.4 cm³/mol. The first-order chi connectivity index (χ1) is 10.2. The van der Waals surface area contributed by atoms with E-state index in [1.807, 2.05) is 12.4 Å². The minimum Gasteiger partial charge on any atom is -0.477 e. The van der Waals surface area contributed by atoms with Gasteiger partial charge in [-0.15, -0.1) is 0 Å². The first-order valence-corrected chi connectivity index (χ1v) is 6.97. The molecule has 1 aliphatic rings. The highest BCUT2D eigenvalue weighted by Crippen LogP contribution is 2.37. The molecular weight excluding hydrogens is 268 g/mol. The van der Waals surface area contributed by atoms with E-state index in [0.29, 0.717) is 18.3 Å². The van der Waals surface area contributed by atoms with E-state index >= 15 is 0 Å². The summed E-state index contributed by atoms with van der Waals surface area (Å²) in [6.07, 6.45) is 6.90. The van der Waals surface area contributed by atoms with E-state index < -0.39 is 5.97 Å². The predicted octanol–water partition coefficient (Wildman–Crippen LogP) is 2.10. The maximum atomic E-state index is 10.8. The second kappa shape index (κ2) is 5.87. The Hall–Kier alpha value is -2.50. The number of carbonyl (C=O) groups is 1. The van der Waals surface area contributed by atoms with Crippen LogP contribution in [0.4, 0.5) is 5.82 Å². The van der Waals surface area contributed by atoms with Gasteiger partial charge in [0.2, 0.25) is 0 Å². The van der Waals surface area contributed by atoms with E-state index in [0.717, 1.165) is 17.8 Å². The molecule has 1 saturated carbocycles. The van der Waals surface area contributed by atoms with Gasteiger partial charge in [-0.2, -0.15) is 0 Å². The molecule has 0 amide bonds. The van der Waals surface area contributed by atoms with Crippen LogP contribution in [0.5, 0.6) is 0 Å². The third kappa shape index (κ3) is 3.53. The van der Waals surface area contributed by atoms with Crippen LogP contribution in [0.15, 0.2) is 30.6 Å². The summed E-state index contributed by atoms with van der Waals surface area (Å²) >= 11 is 0. The van der Waals surface area contributed by atoms with Gasteiger partial charge < -0.3 is 10.4 Å². The number of nitrogens with zero attached hydrogens (tertiary/aromatic N) is 3. The lowest BCUT2D eigenvalue weighted by Crippen LogP contribution is -2.09. The molecule has 6 heteroatoms. The van der Waals surface area contributed by atoms with Gasteiger partial charge in [0.15, 0.2) is 5.69 Å². The number of anilines is 1. The molecule has 0 saturated heterocycles. The van der Waals surface area contributed by atoms with Crippen molar-refractivity contribution in [1.82, 2.24) is 15.0 Å². The number of carboxylic acid groups (broad SMARTS) is 1. The van der Waals surface area contributed by atoms with Gasteiger partial charge in [0.1, 0.15) is 11.6 Å². The molecular formula is C15H16N4O2. The van der Waals surface area contributed by atoms with Gasteiger partial charge in [0.25, 0.3) is 0 Å². The topological polar surface area (TPSA) is 88.0 Å². The Morgan fingerprint density at radius 3 is 2.71 bits per heavy atom. The largest absolute Gasteiger partial charge is 0.477 e. The summed E-state index contributed by atoms with van der Waals surface area (Å²) in [6, 6.07) is 4.89. The Kier molecular flexibility index (Phi) is 3.77. The summed E-state index contributed by atoms with van der Waals surface area (Å²) in [5.41, 5.74) is 1.10. The smallest absolute Gasteiger partial charge is 0.354 e. The van der Waals surface area contributed by atoms with Crippen molar-refractivity contribution in [3.63, 3.8) is 0 Å². The first-order valence-electron chi connectivity index (χ1n) is 6.97. The van der Waals surface area contributed by atoms with Crippen molar-refractivity contribution in [2.75, 3.05) is 11.9 Å². The fraction of sp³-hybridized carbons (Fsp3) is 0.333. The quantitative estimate of drug-likeness (QED) is 0.844. The lowest BCUT2D eigenvalue weighted by atomic mass is 10.2. The van der Waals surface area contributed by atoms with Gasteiger partial charge in [-0.25, -0.2) is 19.7 Å². The second-order valence-corrected chi connectivity index (χ2v) is 5.11. The average Bonchev–Trinajstić information content (AvgIpc) is 3.33. The molecule has 1 aliphatic carbocycles. The summed E-state index contributed by atoms with van der Waals surface area (Å²) in [5, 5.41) is 12.0. The van der Waals surface area contributed by atoms with Crippen molar-refractivity contribution in [2.45, 2.75) is 25.2 Å². The van der Waals surface area contributed by atoms with E-state index in [2.05, 4.69) is 20.3 Å². The normalized spacial score (nSPS) is 13.9. The average molecular weight is 284 g/mol. The molecule has 0 aromatic carbocycles. The second-order valence-electron chi connectivity index (χ2n) is 5.11.